The van der Waals surface area contributed by atoms with E-state index in [0.29, 0.717) is 19.0 Å². The number of methoxy groups -OCH3 is 1. The molecule has 1 atom stereocenters. The Bertz CT molecular complexity index is 1130. The first-order chi connectivity index (χ1) is 15.8. The Kier molecular flexibility index (Phi) is 5.29. The average Bonchev–Trinajstić information content (AvgIpc) is 2.79. The molecule has 8 nitrogen and oxygen atoms in total. The number of hydrazone groups is 1. The number of likely N-dealkylation sites (tertiary alicyclic amines) is 1. The van der Waals surface area contributed by atoms with E-state index in [0.717, 1.165) is 46.9 Å². The lowest BCUT2D eigenvalue weighted by Crippen LogP contribution is -2.66. The number of amides is 1. The van der Waals surface area contributed by atoms with E-state index in [1.807, 2.05) is 17.9 Å². The number of benzene rings is 2. The minimum atomic E-state index is -0.365. The van der Waals surface area contributed by atoms with E-state index in [-0.39, 0.29) is 17.5 Å². The minimum Gasteiger partial charge on any atom is -0.483 e. The van der Waals surface area contributed by atoms with E-state index >= 15 is 0 Å². The summed E-state index contributed by atoms with van der Waals surface area (Å²) in [6.07, 6.45) is 0. The lowest BCUT2D eigenvalue weighted by molar-refractivity contribution is -0.122. The van der Waals surface area contributed by atoms with Crippen molar-refractivity contribution in [3.05, 3.63) is 42.0 Å². The predicted octanol–water partition coefficient (Wildman–Crippen LogP) is 2.67. The van der Waals surface area contributed by atoms with Gasteiger partial charge in [0.25, 0.3) is 5.91 Å². The molecule has 0 aliphatic carbocycles. The fraction of sp³-hybridized carbons (Fsp3) is 0.440. The van der Waals surface area contributed by atoms with Crippen LogP contribution in [0, 0.1) is 0 Å². The van der Waals surface area contributed by atoms with E-state index in [2.05, 4.69) is 71.7 Å². The first-order valence-electron chi connectivity index (χ1n) is 11.3. The van der Waals surface area contributed by atoms with Crippen LogP contribution in [0.15, 0.2) is 41.5 Å². The summed E-state index contributed by atoms with van der Waals surface area (Å²) in [5.74, 6) is 1.35. The summed E-state index contributed by atoms with van der Waals surface area (Å²) in [6, 6.07) is 12.2. The van der Waals surface area contributed by atoms with Crippen molar-refractivity contribution in [1.82, 2.24) is 10.3 Å². The molecule has 1 amide bonds. The molecule has 0 saturated carbocycles. The van der Waals surface area contributed by atoms with Crippen LogP contribution in [-0.4, -0.2) is 69.1 Å². The Morgan fingerprint density at radius 2 is 2.03 bits per heavy atom. The zero-order valence-electron chi connectivity index (χ0n) is 19.9. The number of fused-ring (bicyclic) bond motifs is 3. The van der Waals surface area contributed by atoms with Gasteiger partial charge in [-0.1, -0.05) is 24.3 Å². The van der Waals surface area contributed by atoms with E-state index in [9.17, 15) is 4.79 Å². The molecule has 5 rings (SSSR count). The maximum atomic E-state index is 12.4. The molecular weight excluding hydrogens is 418 g/mol. The molecule has 0 radical (unpaired) electrons. The van der Waals surface area contributed by atoms with Crippen LogP contribution < -0.4 is 20.0 Å². The highest BCUT2D eigenvalue weighted by Gasteiger charge is 2.42. The lowest BCUT2D eigenvalue weighted by Gasteiger charge is -2.53. The average molecular weight is 450 g/mol. The highest BCUT2D eigenvalue weighted by atomic mass is 16.5. The van der Waals surface area contributed by atoms with Crippen molar-refractivity contribution < 1.29 is 14.3 Å². The van der Waals surface area contributed by atoms with Crippen molar-refractivity contribution in [2.75, 3.05) is 50.7 Å². The molecule has 0 aromatic heterocycles. The monoisotopic (exact) mass is 449 g/mol. The summed E-state index contributed by atoms with van der Waals surface area (Å²) in [5, 5.41) is 4.24. The third-order valence-corrected chi connectivity index (χ3v) is 7.03. The van der Waals surface area contributed by atoms with Crippen molar-refractivity contribution in [2.24, 2.45) is 5.10 Å². The molecular formula is C25H31N5O3. The summed E-state index contributed by atoms with van der Waals surface area (Å²) < 4.78 is 11.6. The van der Waals surface area contributed by atoms with Gasteiger partial charge in [-0.15, -0.1) is 0 Å². The first-order valence-corrected chi connectivity index (χ1v) is 11.3. The standard InChI is InChI=1S/C25H31N5O3/c1-16-24(31)27-26-23-13-33-22-10-19(18-9-7-6-8-17(18)12-32-5)20(11-21(22)30(16)23)29(4)25(2)14-28(3)15-25/h6-11,16H,12-15H2,1-5H3,(H,27,31)/t16-/m1/s1. The van der Waals surface area contributed by atoms with Gasteiger partial charge in [-0.2, -0.15) is 5.10 Å². The van der Waals surface area contributed by atoms with Gasteiger partial charge in [0.05, 0.1) is 17.8 Å². The maximum absolute atomic E-state index is 12.4. The summed E-state index contributed by atoms with van der Waals surface area (Å²) in [6.45, 7) is 6.98. The normalized spacial score (nSPS) is 21.2. The van der Waals surface area contributed by atoms with Crippen molar-refractivity contribution in [3.63, 3.8) is 0 Å². The van der Waals surface area contributed by atoms with Gasteiger partial charge in [0.2, 0.25) is 0 Å². The second kappa shape index (κ2) is 8.04. The molecule has 8 heteroatoms. The van der Waals surface area contributed by atoms with Gasteiger partial charge >= 0.3 is 0 Å². The number of anilines is 2. The number of rotatable bonds is 5. The number of amidine groups is 1. The third-order valence-electron chi connectivity index (χ3n) is 7.03. The number of nitrogens with zero attached hydrogens (tertiary/aromatic N) is 4. The topological polar surface area (TPSA) is 69.6 Å². The molecule has 0 unspecified atom stereocenters. The van der Waals surface area contributed by atoms with Gasteiger partial charge < -0.3 is 24.2 Å². The predicted molar refractivity (Wildman–Crippen MR) is 130 cm³/mol. The molecule has 1 saturated heterocycles. The van der Waals surface area contributed by atoms with Crippen molar-refractivity contribution in [3.8, 4) is 16.9 Å². The molecule has 2 aromatic rings. The summed E-state index contributed by atoms with van der Waals surface area (Å²) in [4.78, 5) is 19.1. The fourth-order valence-electron chi connectivity index (χ4n) is 5.24. The molecule has 2 aromatic carbocycles. The number of carbonyl (C=O) groups is 1. The molecule has 174 valence electrons. The largest absolute Gasteiger partial charge is 0.483 e. The zero-order chi connectivity index (χ0) is 23.3. The molecule has 3 aliphatic rings. The SMILES string of the molecule is COCc1ccccc1-c1cc2c(cc1N(C)C1(C)CN(C)C1)N1C(=NNC(=O)[C@H]1C)CO2. The van der Waals surface area contributed by atoms with E-state index in [4.69, 9.17) is 9.47 Å². The third kappa shape index (κ3) is 3.54. The maximum Gasteiger partial charge on any atom is 0.262 e. The van der Waals surface area contributed by atoms with Crippen LogP contribution in [0.2, 0.25) is 0 Å². The first kappa shape index (κ1) is 21.7. The Morgan fingerprint density at radius 3 is 2.76 bits per heavy atom. The van der Waals surface area contributed by atoms with E-state index in [1.165, 1.54) is 0 Å². The number of ether oxygens (including phenoxy) is 2. The highest BCUT2D eigenvalue weighted by molar-refractivity contribution is 6.10. The van der Waals surface area contributed by atoms with E-state index in [1.54, 1.807) is 7.11 Å². The van der Waals surface area contributed by atoms with Crippen LogP contribution in [0.25, 0.3) is 11.1 Å². The Labute approximate surface area is 194 Å². The number of hydrogen-bond acceptors (Lipinski definition) is 7. The number of hydrogen-bond donors (Lipinski definition) is 1. The van der Waals surface area contributed by atoms with Crippen LogP contribution in [-0.2, 0) is 16.1 Å². The van der Waals surface area contributed by atoms with Gasteiger partial charge in [-0.3, -0.25) is 4.79 Å². The number of likely N-dealkylation sites (N-methyl/N-ethyl adjacent to an activating group) is 2. The van der Waals surface area contributed by atoms with E-state index < -0.39 is 0 Å². The summed E-state index contributed by atoms with van der Waals surface area (Å²) in [7, 11) is 6.01. The minimum absolute atomic E-state index is 0.00523. The molecule has 33 heavy (non-hydrogen) atoms. The quantitative estimate of drug-likeness (QED) is 0.757. The molecule has 3 aliphatic heterocycles. The smallest absolute Gasteiger partial charge is 0.262 e. The summed E-state index contributed by atoms with van der Waals surface area (Å²) in [5.41, 5.74) is 7.90. The fourth-order valence-corrected chi connectivity index (χ4v) is 5.24. The van der Waals surface area contributed by atoms with Gasteiger partial charge in [-0.25, -0.2) is 5.43 Å². The molecule has 0 bridgehead atoms. The number of nitrogens with one attached hydrogen (secondary N) is 1. The van der Waals surface area contributed by atoms with Gasteiger partial charge in [0.1, 0.15) is 18.4 Å². The van der Waals surface area contributed by atoms with Crippen LogP contribution in [0.4, 0.5) is 11.4 Å². The molecule has 0 spiro atoms. The molecule has 3 heterocycles. The lowest BCUT2D eigenvalue weighted by atomic mass is 9.88. The summed E-state index contributed by atoms with van der Waals surface area (Å²) >= 11 is 0. The van der Waals surface area contributed by atoms with Crippen molar-refractivity contribution in [1.29, 1.82) is 0 Å². The Morgan fingerprint density at radius 1 is 1.27 bits per heavy atom. The highest BCUT2D eigenvalue weighted by Crippen LogP contribution is 2.46. The van der Waals surface area contributed by atoms with Crippen LogP contribution in [0.3, 0.4) is 0 Å². The number of carbonyl (C=O) groups excluding carboxylic acids is 1. The van der Waals surface area contributed by atoms with Gasteiger partial charge in [0.15, 0.2) is 5.84 Å². The molecule has 1 N–H and O–H groups in total. The molecule has 1 fully saturated rings. The van der Waals surface area contributed by atoms with Crippen LogP contribution in [0.1, 0.15) is 19.4 Å². The van der Waals surface area contributed by atoms with Crippen molar-refractivity contribution >= 4 is 23.1 Å². The van der Waals surface area contributed by atoms with Crippen LogP contribution >= 0.6 is 0 Å². The Balaban J connectivity index is 1.70. The second-order valence-electron chi connectivity index (χ2n) is 9.49. The zero-order valence-corrected chi connectivity index (χ0v) is 19.9. The van der Waals surface area contributed by atoms with Gasteiger partial charge in [0, 0.05) is 38.5 Å². The second-order valence-corrected chi connectivity index (χ2v) is 9.49. The van der Waals surface area contributed by atoms with Crippen molar-refractivity contribution in [2.45, 2.75) is 32.0 Å². The van der Waals surface area contributed by atoms with Crippen LogP contribution in [0.5, 0.6) is 5.75 Å². The Hall–Kier alpha value is -3.10. The van der Waals surface area contributed by atoms with Gasteiger partial charge in [-0.05, 0) is 44.2 Å².